The molecule has 196 valence electrons. The van der Waals surface area contributed by atoms with Crippen molar-refractivity contribution in [3.63, 3.8) is 0 Å². The molecule has 0 saturated heterocycles. The van der Waals surface area contributed by atoms with Crippen LogP contribution in [-0.4, -0.2) is 26.9 Å². The summed E-state index contributed by atoms with van der Waals surface area (Å²) in [4.78, 5) is 34.6. The van der Waals surface area contributed by atoms with E-state index in [1.165, 1.54) is 24.3 Å². The van der Waals surface area contributed by atoms with Crippen LogP contribution in [0.15, 0.2) is 108 Å². The Hall–Kier alpha value is -4.58. The van der Waals surface area contributed by atoms with Crippen molar-refractivity contribution in [2.75, 3.05) is 6.54 Å². The third-order valence-electron chi connectivity index (χ3n) is 6.99. The first kappa shape index (κ1) is 26.0. The fraction of sp³-hybridized carbons (Fsp3) is 0.182. The minimum absolute atomic E-state index is 0.185. The zero-order chi connectivity index (χ0) is 27.4. The molecule has 0 spiro atoms. The molecule has 5 nitrogen and oxygen atoms in total. The van der Waals surface area contributed by atoms with E-state index in [0.29, 0.717) is 47.4 Å². The summed E-state index contributed by atoms with van der Waals surface area (Å²) in [5.41, 5.74) is 3.63. The zero-order valence-corrected chi connectivity index (χ0v) is 22.0. The van der Waals surface area contributed by atoms with Gasteiger partial charge in [0, 0.05) is 12.1 Å². The Kier molecular flexibility index (Phi) is 7.64. The number of hydrogen-bond donors (Lipinski definition) is 0. The molecule has 1 unspecified atom stereocenters. The van der Waals surface area contributed by atoms with Crippen molar-refractivity contribution in [1.82, 2.24) is 14.5 Å². The van der Waals surface area contributed by atoms with Crippen LogP contribution in [0.3, 0.4) is 0 Å². The van der Waals surface area contributed by atoms with Crippen molar-refractivity contribution >= 4 is 16.8 Å². The fourth-order valence-electron chi connectivity index (χ4n) is 4.91. The number of halogens is 1. The Morgan fingerprint density at radius 3 is 2.26 bits per heavy atom. The maximum atomic E-state index is 14.0. The van der Waals surface area contributed by atoms with E-state index in [1.54, 1.807) is 15.5 Å². The normalized spacial score (nSPS) is 11.9. The molecule has 0 bridgehead atoms. The predicted octanol–water partition coefficient (Wildman–Crippen LogP) is 6.67. The van der Waals surface area contributed by atoms with Crippen LogP contribution in [-0.2, 0) is 6.42 Å². The third kappa shape index (κ3) is 5.50. The Morgan fingerprint density at radius 1 is 0.897 bits per heavy atom. The lowest BCUT2D eigenvalue weighted by atomic mass is 10.1. The highest BCUT2D eigenvalue weighted by Crippen LogP contribution is 2.28. The highest BCUT2D eigenvalue weighted by molar-refractivity contribution is 5.94. The van der Waals surface area contributed by atoms with Gasteiger partial charge in [0.25, 0.3) is 11.5 Å². The van der Waals surface area contributed by atoms with Gasteiger partial charge in [0.2, 0.25) is 0 Å². The third-order valence-corrected chi connectivity index (χ3v) is 6.99. The van der Waals surface area contributed by atoms with Crippen molar-refractivity contribution in [3.05, 3.63) is 142 Å². The largest absolute Gasteiger partial charge is 0.328 e. The summed E-state index contributed by atoms with van der Waals surface area (Å²) in [7, 11) is 0. The van der Waals surface area contributed by atoms with Crippen molar-refractivity contribution < 1.29 is 9.18 Å². The lowest BCUT2D eigenvalue weighted by Gasteiger charge is -2.32. The molecule has 0 aliphatic heterocycles. The van der Waals surface area contributed by atoms with Crippen LogP contribution >= 0.6 is 0 Å². The summed E-state index contributed by atoms with van der Waals surface area (Å²) >= 11 is 0. The van der Waals surface area contributed by atoms with Crippen LogP contribution in [0, 0.1) is 12.7 Å². The summed E-state index contributed by atoms with van der Waals surface area (Å²) in [6.45, 7) is 4.38. The van der Waals surface area contributed by atoms with E-state index in [9.17, 15) is 14.0 Å². The molecule has 6 heteroatoms. The second-order valence-corrected chi connectivity index (χ2v) is 9.63. The number of rotatable bonds is 8. The highest BCUT2D eigenvalue weighted by Gasteiger charge is 2.29. The van der Waals surface area contributed by atoms with Crippen molar-refractivity contribution in [2.24, 2.45) is 0 Å². The van der Waals surface area contributed by atoms with E-state index in [1.807, 2.05) is 86.6 Å². The van der Waals surface area contributed by atoms with Crippen LogP contribution in [0.5, 0.6) is 0 Å². The first-order valence-corrected chi connectivity index (χ1v) is 13.2. The smallest absolute Gasteiger partial charge is 0.266 e. The van der Waals surface area contributed by atoms with Crippen molar-refractivity contribution in [1.29, 1.82) is 0 Å². The Morgan fingerprint density at radius 2 is 1.56 bits per heavy atom. The number of carbonyl (C=O) groups is 1. The van der Waals surface area contributed by atoms with Gasteiger partial charge in [-0.2, -0.15) is 0 Å². The SMILES string of the molecule is CCC(c1nc2ccccc2c(=O)n1-c1ccc(C)cc1)N(CCc1ccccc1)C(=O)c1ccc(F)cc1. The van der Waals surface area contributed by atoms with Crippen LogP contribution in [0.4, 0.5) is 4.39 Å². The lowest BCUT2D eigenvalue weighted by molar-refractivity contribution is 0.0661. The number of hydrogen-bond acceptors (Lipinski definition) is 3. The maximum Gasteiger partial charge on any atom is 0.266 e. The predicted molar refractivity (Wildman–Crippen MR) is 153 cm³/mol. The number of nitrogens with zero attached hydrogens (tertiary/aromatic N) is 3. The molecule has 1 amide bonds. The van der Waals surface area contributed by atoms with Gasteiger partial charge in [-0.1, -0.05) is 67.1 Å². The van der Waals surface area contributed by atoms with E-state index in [2.05, 4.69) is 0 Å². The molecule has 5 aromatic rings. The van der Waals surface area contributed by atoms with E-state index < -0.39 is 11.9 Å². The zero-order valence-electron chi connectivity index (χ0n) is 22.0. The van der Waals surface area contributed by atoms with Gasteiger partial charge in [0.1, 0.15) is 11.6 Å². The fourth-order valence-corrected chi connectivity index (χ4v) is 4.91. The van der Waals surface area contributed by atoms with E-state index in [4.69, 9.17) is 4.98 Å². The molecular formula is C33H30FN3O2. The minimum atomic E-state index is -0.509. The first-order valence-electron chi connectivity index (χ1n) is 13.2. The van der Waals surface area contributed by atoms with Gasteiger partial charge < -0.3 is 4.90 Å². The van der Waals surface area contributed by atoms with Gasteiger partial charge in [0.15, 0.2) is 0 Å². The number of aromatic nitrogens is 2. The topological polar surface area (TPSA) is 55.2 Å². The van der Waals surface area contributed by atoms with Crippen LogP contribution < -0.4 is 5.56 Å². The molecule has 0 saturated carbocycles. The van der Waals surface area contributed by atoms with Gasteiger partial charge in [0.05, 0.1) is 22.6 Å². The Balaban J connectivity index is 1.68. The summed E-state index contributed by atoms with van der Waals surface area (Å²) < 4.78 is 15.3. The van der Waals surface area contributed by atoms with E-state index in [-0.39, 0.29) is 11.5 Å². The van der Waals surface area contributed by atoms with Crippen LogP contribution in [0.1, 0.15) is 46.7 Å². The van der Waals surface area contributed by atoms with Gasteiger partial charge in [-0.25, -0.2) is 9.37 Å². The Labute approximate surface area is 227 Å². The highest BCUT2D eigenvalue weighted by atomic mass is 19.1. The molecule has 0 N–H and O–H groups in total. The molecule has 1 aromatic heterocycles. The van der Waals surface area contributed by atoms with Gasteiger partial charge in [-0.3, -0.25) is 14.2 Å². The molecular weight excluding hydrogens is 489 g/mol. The van der Waals surface area contributed by atoms with Crippen LogP contribution in [0.2, 0.25) is 0 Å². The van der Waals surface area contributed by atoms with Crippen molar-refractivity contribution in [2.45, 2.75) is 32.7 Å². The monoisotopic (exact) mass is 519 g/mol. The summed E-state index contributed by atoms with van der Waals surface area (Å²) in [5, 5.41) is 0.511. The molecule has 0 radical (unpaired) electrons. The second kappa shape index (κ2) is 11.4. The average Bonchev–Trinajstić information content (AvgIpc) is 2.96. The molecule has 1 atom stereocenters. The number of aryl methyl sites for hydroxylation is 1. The summed E-state index contributed by atoms with van der Waals surface area (Å²) in [6.07, 6.45) is 1.14. The lowest BCUT2D eigenvalue weighted by Crippen LogP contribution is -2.39. The average molecular weight is 520 g/mol. The first-order chi connectivity index (χ1) is 19.0. The number of benzene rings is 4. The van der Waals surface area contributed by atoms with Crippen LogP contribution in [0.25, 0.3) is 16.6 Å². The molecule has 4 aromatic carbocycles. The second-order valence-electron chi connectivity index (χ2n) is 9.63. The standard InChI is InChI=1S/C33H30FN3O2/c1-3-30(36(22-21-24-9-5-4-6-10-24)32(38)25-15-17-26(34)18-16-25)31-35-29-12-8-7-11-28(29)33(39)37(31)27-19-13-23(2)14-20-27/h4-20,30H,3,21-22H2,1-2H3. The molecule has 39 heavy (non-hydrogen) atoms. The molecule has 5 rings (SSSR count). The quantitative estimate of drug-likeness (QED) is 0.230. The Bertz CT molecular complexity index is 1650. The molecule has 0 fully saturated rings. The number of amides is 1. The van der Waals surface area contributed by atoms with E-state index in [0.717, 1.165) is 11.1 Å². The summed E-state index contributed by atoms with van der Waals surface area (Å²) in [5.74, 6) is -0.150. The minimum Gasteiger partial charge on any atom is -0.328 e. The number of carbonyl (C=O) groups excluding carboxylic acids is 1. The molecule has 0 aliphatic rings. The molecule has 0 aliphatic carbocycles. The van der Waals surface area contributed by atoms with E-state index >= 15 is 0 Å². The number of fused-ring (bicyclic) bond motifs is 1. The van der Waals surface area contributed by atoms with Gasteiger partial charge >= 0.3 is 0 Å². The molecule has 1 heterocycles. The maximum absolute atomic E-state index is 14.0. The van der Waals surface area contributed by atoms with Gasteiger partial charge in [-0.05, 0) is 73.9 Å². The van der Waals surface area contributed by atoms with Gasteiger partial charge in [-0.15, -0.1) is 0 Å². The number of para-hydroxylation sites is 1. The summed E-state index contributed by atoms with van der Waals surface area (Å²) in [6, 6.07) is 30.0. The van der Waals surface area contributed by atoms with Crippen molar-refractivity contribution in [3.8, 4) is 5.69 Å².